The third-order valence-electron chi connectivity index (χ3n) is 3.17. The number of carbonyl (C=O) groups is 1. The first-order valence-corrected chi connectivity index (χ1v) is 6.14. The molecule has 0 unspecified atom stereocenters. The molecule has 0 aliphatic carbocycles. The van der Waals surface area contributed by atoms with E-state index in [4.69, 9.17) is 4.74 Å². The smallest absolute Gasteiger partial charge is 0.256 e. The Morgan fingerprint density at radius 2 is 2.05 bits per heavy atom. The molecule has 1 aliphatic heterocycles. The standard InChI is InChI=1S/C16H12FNO2/c1-20-12-5-6-13-14(16(19)18-15(13)9-12)8-10-3-2-4-11(17)7-10/h2-9H,1H3,(H,18,19)/b14-8+. The summed E-state index contributed by atoms with van der Waals surface area (Å²) in [5.74, 6) is 0.154. The number of amides is 1. The topological polar surface area (TPSA) is 38.3 Å². The molecule has 1 N–H and O–H groups in total. The fraction of sp³-hybridized carbons (Fsp3) is 0.0625. The first-order chi connectivity index (χ1) is 9.67. The summed E-state index contributed by atoms with van der Waals surface area (Å²) in [5, 5.41) is 2.78. The van der Waals surface area contributed by atoms with Gasteiger partial charge in [0.25, 0.3) is 5.91 Å². The van der Waals surface area contributed by atoms with Crippen molar-refractivity contribution >= 4 is 23.2 Å². The minimum atomic E-state index is -0.326. The van der Waals surface area contributed by atoms with Gasteiger partial charge in [0.2, 0.25) is 0 Å². The molecular weight excluding hydrogens is 257 g/mol. The normalized spacial score (nSPS) is 15.1. The predicted molar refractivity (Wildman–Crippen MR) is 75.9 cm³/mol. The number of methoxy groups -OCH3 is 1. The third-order valence-corrected chi connectivity index (χ3v) is 3.17. The molecule has 1 amide bonds. The lowest BCUT2D eigenvalue weighted by Crippen LogP contribution is -2.03. The van der Waals surface area contributed by atoms with Gasteiger partial charge in [0.1, 0.15) is 11.6 Å². The SMILES string of the molecule is COc1ccc2c(c1)NC(=O)/C2=C/c1cccc(F)c1. The van der Waals surface area contributed by atoms with Gasteiger partial charge in [-0.1, -0.05) is 12.1 Å². The minimum Gasteiger partial charge on any atom is -0.497 e. The maximum absolute atomic E-state index is 13.2. The Morgan fingerprint density at radius 1 is 1.20 bits per heavy atom. The monoisotopic (exact) mass is 269 g/mol. The average molecular weight is 269 g/mol. The summed E-state index contributed by atoms with van der Waals surface area (Å²) >= 11 is 0. The number of carbonyl (C=O) groups excluding carboxylic acids is 1. The van der Waals surface area contributed by atoms with E-state index in [-0.39, 0.29) is 11.7 Å². The van der Waals surface area contributed by atoms with Crippen LogP contribution in [0.15, 0.2) is 42.5 Å². The maximum Gasteiger partial charge on any atom is 0.256 e. The minimum absolute atomic E-state index is 0.197. The molecule has 0 radical (unpaired) electrons. The van der Waals surface area contributed by atoms with Gasteiger partial charge in [0, 0.05) is 17.2 Å². The molecule has 1 aliphatic rings. The number of hydrogen-bond donors (Lipinski definition) is 1. The summed E-state index contributed by atoms with van der Waals surface area (Å²) in [7, 11) is 1.57. The Balaban J connectivity index is 2.06. The van der Waals surface area contributed by atoms with E-state index in [1.807, 2.05) is 6.07 Å². The van der Waals surface area contributed by atoms with E-state index < -0.39 is 0 Å². The summed E-state index contributed by atoms with van der Waals surface area (Å²) < 4.78 is 18.3. The van der Waals surface area contributed by atoms with Gasteiger partial charge in [0.05, 0.1) is 12.8 Å². The molecule has 0 aromatic heterocycles. The summed E-state index contributed by atoms with van der Waals surface area (Å²) in [5.41, 5.74) is 2.67. The van der Waals surface area contributed by atoms with Gasteiger partial charge < -0.3 is 10.1 Å². The molecule has 0 saturated carbocycles. The molecule has 3 rings (SSSR count). The van der Waals surface area contributed by atoms with Crippen LogP contribution in [-0.4, -0.2) is 13.0 Å². The Morgan fingerprint density at radius 3 is 2.80 bits per heavy atom. The lowest BCUT2D eigenvalue weighted by Gasteiger charge is -2.02. The number of fused-ring (bicyclic) bond motifs is 1. The summed E-state index contributed by atoms with van der Waals surface area (Å²) in [6.07, 6.45) is 1.68. The largest absolute Gasteiger partial charge is 0.497 e. The number of rotatable bonds is 2. The van der Waals surface area contributed by atoms with E-state index in [1.54, 1.807) is 37.5 Å². The number of halogens is 1. The van der Waals surface area contributed by atoms with Crippen molar-refractivity contribution in [2.45, 2.75) is 0 Å². The fourth-order valence-electron chi connectivity index (χ4n) is 2.21. The second-order valence-electron chi connectivity index (χ2n) is 4.48. The van der Waals surface area contributed by atoms with E-state index >= 15 is 0 Å². The van der Waals surface area contributed by atoms with Crippen LogP contribution < -0.4 is 10.1 Å². The Hall–Kier alpha value is -2.62. The van der Waals surface area contributed by atoms with Crippen molar-refractivity contribution in [2.24, 2.45) is 0 Å². The van der Waals surface area contributed by atoms with Crippen LogP contribution in [0.5, 0.6) is 5.75 Å². The number of anilines is 1. The van der Waals surface area contributed by atoms with Gasteiger partial charge in [-0.2, -0.15) is 0 Å². The van der Waals surface area contributed by atoms with Crippen molar-refractivity contribution < 1.29 is 13.9 Å². The molecule has 2 aromatic rings. The van der Waals surface area contributed by atoms with Crippen LogP contribution in [0.1, 0.15) is 11.1 Å². The van der Waals surface area contributed by atoms with Crippen LogP contribution in [0.25, 0.3) is 11.6 Å². The molecule has 0 spiro atoms. The second-order valence-corrected chi connectivity index (χ2v) is 4.48. The number of hydrogen-bond acceptors (Lipinski definition) is 2. The quantitative estimate of drug-likeness (QED) is 0.849. The van der Waals surface area contributed by atoms with E-state index in [9.17, 15) is 9.18 Å². The zero-order chi connectivity index (χ0) is 14.1. The first-order valence-electron chi connectivity index (χ1n) is 6.14. The lowest BCUT2D eigenvalue weighted by molar-refractivity contribution is -0.110. The average Bonchev–Trinajstić information content (AvgIpc) is 2.74. The van der Waals surface area contributed by atoms with Crippen LogP contribution in [0.4, 0.5) is 10.1 Å². The molecule has 0 bridgehead atoms. The first kappa shape index (κ1) is 12.4. The lowest BCUT2D eigenvalue weighted by atomic mass is 10.0. The van der Waals surface area contributed by atoms with Crippen molar-refractivity contribution in [3.8, 4) is 5.75 Å². The molecule has 0 atom stereocenters. The molecule has 20 heavy (non-hydrogen) atoms. The zero-order valence-corrected chi connectivity index (χ0v) is 10.8. The van der Waals surface area contributed by atoms with Crippen molar-refractivity contribution in [3.05, 3.63) is 59.4 Å². The van der Waals surface area contributed by atoms with Gasteiger partial charge in [-0.3, -0.25) is 4.79 Å². The van der Waals surface area contributed by atoms with Gasteiger partial charge >= 0.3 is 0 Å². The van der Waals surface area contributed by atoms with Crippen LogP contribution in [0.3, 0.4) is 0 Å². The molecule has 0 saturated heterocycles. The van der Waals surface area contributed by atoms with Gasteiger partial charge in [-0.25, -0.2) is 4.39 Å². The van der Waals surface area contributed by atoms with Crippen molar-refractivity contribution in [2.75, 3.05) is 12.4 Å². The Kier molecular flexibility index (Phi) is 2.99. The van der Waals surface area contributed by atoms with Crippen molar-refractivity contribution in [3.63, 3.8) is 0 Å². The maximum atomic E-state index is 13.2. The van der Waals surface area contributed by atoms with Gasteiger partial charge in [0.15, 0.2) is 0 Å². The van der Waals surface area contributed by atoms with E-state index in [2.05, 4.69) is 5.32 Å². The Labute approximate surface area is 115 Å². The second kappa shape index (κ2) is 4.81. The molecule has 2 aromatic carbocycles. The van der Waals surface area contributed by atoms with Crippen molar-refractivity contribution in [1.29, 1.82) is 0 Å². The van der Waals surface area contributed by atoms with Gasteiger partial charge in [-0.15, -0.1) is 0 Å². The summed E-state index contributed by atoms with van der Waals surface area (Å²) in [4.78, 5) is 12.0. The van der Waals surface area contributed by atoms with Gasteiger partial charge in [-0.05, 0) is 35.9 Å². The van der Waals surface area contributed by atoms with E-state index in [1.165, 1.54) is 12.1 Å². The van der Waals surface area contributed by atoms with Crippen LogP contribution in [-0.2, 0) is 4.79 Å². The molecular formula is C16H12FNO2. The fourth-order valence-corrected chi connectivity index (χ4v) is 2.21. The zero-order valence-electron chi connectivity index (χ0n) is 10.8. The number of benzene rings is 2. The number of ether oxygens (including phenoxy) is 1. The Bertz CT molecular complexity index is 722. The van der Waals surface area contributed by atoms with Crippen LogP contribution >= 0.6 is 0 Å². The van der Waals surface area contributed by atoms with Crippen LogP contribution in [0, 0.1) is 5.82 Å². The van der Waals surface area contributed by atoms with E-state index in [0.29, 0.717) is 22.6 Å². The highest BCUT2D eigenvalue weighted by Gasteiger charge is 2.24. The third kappa shape index (κ3) is 2.16. The molecule has 3 nitrogen and oxygen atoms in total. The summed E-state index contributed by atoms with van der Waals surface area (Å²) in [6.45, 7) is 0. The van der Waals surface area contributed by atoms with Crippen molar-refractivity contribution in [1.82, 2.24) is 0 Å². The molecule has 4 heteroatoms. The molecule has 1 heterocycles. The van der Waals surface area contributed by atoms with Crippen LogP contribution in [0.2, 0.25) is 0 Å². The highest BCUT2D eigenvalue weighted by molar-refractivity contribution is 6.35. The highest BCUT2D eigenvalue weighted by Crippen LogP contribution is 2.35. The highest BCUT2D eigenvalue weighted by atomic mass is 19.1. The number of nitrogens with one attached hydrogen (secondary N) is 1. The molecule has 100 valence electrons. The predicted octanol–water partition coefficient (Wildman–Crippen LogP) is 3.33. The summed E-state index contributed by atoms with van der Waals surface area (Å²) in [6, 6.07) is 11.5. The van der Waals surface area contributed by atoms with E-state index in [0.717, 1.165) is 5.56 Å². The molecule has 0 fully saturated rings.